The van der Waals surface area contributed by atoms with E-state index in [0.717, 1.165) is 0 Å². The molecule has 0 radical (unpaired) electrons. The highest BCUT2D eigenvalue weighted by Crippen LogP contribution is 2.18. The van der Waals surface area contributed by atoms with E-state index in [9.17, 15) is 9.59 Å². The first-order valence-corrected chi connectivity index (χ1v) is 6.18. The lowest BCUT2D eigenvalue weighted by molar-refractivity contribution is -0.141. The van der Waals surface area contributed by atoms with E-state index < -0.39 is 12.1 Å². The number of amides is 1. The van der Waals surface area contributed by atoms with E-state index in [1.807, 2.05) is 0 Å². The second kappa shape index (κ2) is 5.99. The molecule has 19 heavy (non-hydrogen) atoms. The van der Waals surface area contributed by atoms with E-state index in [2.05, 4.69) is 4.98 Å². The third-order valence-electron chi connectivity index (χ3n) is 2.83. The van der Waals surface area contributed by atoms with E-state index in [-0.39, 0.29) is 18.9 Å². The summed E-state index contributed by atoms with van der Waals surface area (Å²) in [4.78, 5) is 28.3. The maximum absolute atomic E-state index is 12.3. The molecule has 6 nitrogen and oxygen atoms in total. The molecular formula is C12H13ClN2O4. The van der Waals surface area contributed by atoms with Gasteiger partial charge in [-0.25, -0.2) is 0 Å². The third-order valence-corrected chi connectivity index (χ3v) is 3.16. The van der Waals surface area contributed by atoms with Crippen molar-refractivity contribution in [1.29, 1.82) is 0 Å². The van der Waals surface area contributed by atoms with Crippen LogP contribution in [-0.4, -0.2) is 52.7 Å². The fourth-order valence-electron chi connectivity index (χ4n) is 1.93. The van der Waals surface area contributed by atoms with E-state index >= 15 is 0 Å². The zero-order valence-corrected chi connectivity index (χ0v) is 10.8. The number of carbonyl (C=O) groups excluding carboxylic acids is 1. The predicted molar refractivity (Wildman–Crippen MR) is 67.1 cm³/mol. The summed E-state index contributed by atoms with van der Waals surface area (Å²) in [6, 6.07) is 1.55. The standard InChI is InChI=1S/C12H13ClN2O4/c13-10-1-2-14-6-9(10)12(18)15-3-4-19-8(7-15)5-11(16)17/h1-2,6,8H,3-5,7H2,(H,16,17). The van der Waals surface area contributed by atoms with Gasteiger partial charge in [0, 0.05) is 25.5 Å². The van der Waals surface area contributed by atoms with Crippen LogP contribution in [0.2, 0.25) is 5.02 Å². The number of ether oxygens (including phenoxy) is 1. The number of morpholine rings is 1. The molecule has 7 heteroatoms. The Morgan fingerprint density at radius 1 is 1.58 bits per heavy atom. The smallest absolute Gasteiger partial charge is 0.306 e. The Bertz CT molecular complexity index is 494. The van der Waals surface area contributed by atoms with Gasteiger partial charge in [-0.2, -0.15) is 0 Å². The molecule has 1 N–H and O–H groups in total. The molecule has 0 saturated carbocycles. The van der Waals surface area contributed by atoms with Crippen LogP contribution in [0, 0.1) is 0 Å². The molecule has 1 atom stereocenters. The van der Waals surface area contributed by atoms with Crippen molar-refractivity contribution in [2.24, 2.45) is 0 Å². The van der Waals surface area contributed by atoms with Crippen LogP contribution < -0.4 is 0 Å². The Balaban J connectivity index is 2.07. The van der Waals surface area contributed by atoms with Crippen LogP contribution in [0.4, 0.5) is 0 Å². The average Bonchev–Trinajstić information content (AvgIpc) is 2.38. The summed E-state index contributed by atoms with van der Waals surface area (Å²) in [6.45, 7) is 0.984. The zero-order chi connectivity index (χ0) is 13.8. The quantitative estimate of drug-likeness (QED) is 0.897. The number of halogens is 1. The number of nitrogens with zero attached hydrogens (tertiary/aromatic N) is 2. The van der Waals surface area contributed by atoms with Crippen LogP contribution in [0.25, 0.3) is 0 Å². The Labute approximate surface area is 114 Å². The molecule has 1 fully saturated rings. The van der Waals surface area contributed by atoms with Crippen molar-refractivity contribution in [3.8, 4) is 0 Å². The molecule has 0 bridgehead atoms. The first kappa shape index (κ1) is 13.8. The van der Waals surface area contributed by atoms with Gasteiger partial charge in [0.15, 0.2) is 0 Å². The number of carboxylic acid groups (broad SMARTS) is 1. The number of rotatable bonds is 3. The number of carboxylic acids is 1. The third kappa shape index (κ3) is 3.42. The number of aromatic nitrogens is 1. The maximum Gasteiger partial charge on any atom is 0.306 e. The molecule has 2 heterocycles. The van der Waals surface area contributed by atoms with Gasteiger partial charge in [0.25, 0.3) is 5.91 Å². The molecule has 1 saturated heterocycles. The van der Waals surface area contributed by atoms with Crippen LogP contribution in [-0.2, 0) is 9.53 Å². The molecule has 102 valence electrons. The van der Waals surface area contributed by atoms with Crippen molar-refractivity contribution in [2.75, 3.05) is 19.7 Å². The van der Waals surface area contributed by atoms with Crippen LogP contribution in [0.3, 0.4) is 0 Å². The SMILES string of the molecule is O=C(O)CC1CN(C(=O)c2cnccc2Cl)CCO1. The zero-order valence-electron chi connectivity index (χ0n) is 10.1. The van der Waals surface area contributed by atoms with Gasteiger partial charge in [-0.15, -0.1) is 0 Å². The minimum Gasteiger partial charge on any atom is -0.481 e. The van der Waals surface area contributed by atoms with E-state index in [1.165, 1.54) is 12.4 Å². The number of pyridine rings is 1. The molecule has 1 aliphatic heterocycles. The summed E-state index contributed by atoms with van der Waals surface area (Å²) >= 11 is 5.95. The fraction of sp³-hybridized carbons (Fsp3) is 0.417. The topological polar surface area (TPSA) is 79.7 Å². The highest BCUT2D eigenvalue weighted by Gasteiger charge is 2.27. The maximum atomic E-state index is 12.3. The lowest BCUT2D eigenvalue weighted by Crippen LogP contribution is -2.46. The number of carbonyl (C=O) groups is 2. The fourth-order valence-corrected chi connectivity index (χ4v) is 2.11. The normalized spacial score (nSPS) is 19.2. The van der Waals surface area contributed by atoms with Gasteiger partial charge in [-0.1, -0.05) is 11.6 Å². The number of hydrogen-bond donors (Lipinski definition) is 1. The molecule has 0 spiro atoms. The summed E-state index contributed by atoms with van der Waals surface area (Å²) in [5.74, 6) is -1.20. The minimum absolute atomic E-state index is 0.120. The number of hydrogen-bond acceptors (Lipinski definition) is 4. The Morgan fingerprint density at radius 3 is 3.05 bits per heavy atom. The van der Waals surface area contributed by atoms with E-state index in [0.29, 0.717) is 23.7 Å². The van der Waals surface area contributed by atoms with Crippen molar-refractivity contribution in [2.45, 2.75) is 12.5 Å². The molecule has 1 aliphatic rings. The van der Waals surface area contributed by atoms with Gasteiger partial charge in [0.1, 0.15) is 0 Å². The Hall–Kier alpha value is -1.66. The van der Waals surface area contributed by atoms with Gasteiger partial charge in [-0.05, 0) is 6.07 Å². The van der Waals surface area contributed by atoms with Crippen molar-refractivity contribution < 1.29 is 19.4 Å². The average molecular weight is 285 g/mol. The molecule has 2 rings (SSSR count). The van der Waals surface area contributed by atoms with Gasteiger partial charge < -0.3 is 14.7 Å². The lowest BCUT2D eigenvalue weighted by atomic mass is 10.1. The summed E-state index contributed by atoms with van der Waals surface area (Å²) in [5.41, 5.74) is 0.320. The molecule has 1 aromatic rings. The largest absolute Gasteiger partial charge is 0.481 e. The molecule has 0 aliphatic carbocycles. The molecule has 1 amide bonds. The van der Waals surface area contributed by atoms with Crippen LogP contribution in [0.5, 0.6) is 0 Å². The monoisotopic (exact) mass is 284 g/mol. The van der Waals surface area contributed by atoms with Crippen LogP contribution in [0.15, 0.2) is 18.5 Å². The predicted octanol–water partition coefficient (Wildman–Crippen LogP) is 1.05. The van der Waals surface area contributed by atoms with Crippen molar-refractivity contribution in [3.63, 3.8) is 0 Å². The van der Waals surface area contributed by atoms with E-state index in [4.69, 9.17) is 21.4 Å². The lowest BCUT2D eigenvalue weighted by Gasteiger charge is -2.32. The van der Waals surface area contributed by atoms with Crippen molar-refractivity contribution in [1.82, 2.24) is 9.88 Å². The van der Waals surface area contributed by atoms with Crippen molar-refractivity contribution in [3.05, 3.63) is 29.0 Å². The molecule has 1 unspecified atom stereocenters. The Kier molecular flexibility index (Phi) is 4.34. The molecule has 0 aromatic carbocycles. The molecule has 1 aromatic heterocycles. The second-order valence-corrected chi connectivity index (χ2v) is 4.60. The first-order chi connectivity index (χ1) is 9.08. The van der Waals surface area contributed by atoms with Gasteiger partial charge in [0.05, 0.1) is 29.7 Å². The Morgan fingerprint density at radius 2 is 2.37 bits per heavy atom. The second-order valence-electron chi connectivity index (χ2n) is 4.20. The van der Waals surface area contributed by atoms with Crippen LogP contribution >= 0.6 is 11.6 Å². The van der Waals surface area contributed by atoms with Crippen LogP contribution in [0.1, 0.15) is 16.8 Å². The van der Waals surface area contributed by atoms with Gasteiger partial charge in [0.2, 0.25) is 0 Å². The minimum atomic E-state index is -0.946. The summed E-state index contributed by atoms with van der Waals surface area (Å²) in [5, 5.41) is 9.07. The van der Waals surface area contributed by atoms with Gasteiger partial charge in [-0.3, -0.25) is 14.6 Å². The highest BCUT2D eigenvalue weighted by molar-refractivity contribution is 6.33. The first-order valence-electron chi connectivity index (χ1n) is 5.80. The van der Waals surface area contributed by atoms with E-state index in [1.54, 1.807) is 11.0 Å². The molecular weight excluding hydrogens is 272 g/mol. The summed E-state index contributed by atoms with van der Waals surface area (Å²) in [6.07, 6.45) is 2.31. The van der Waals surface area contributed by atoms with Crippen molar-refractivity contribution >= 4 is 23.5 Å². The summed E-state index contributed by atoms with van der Waals surface area (Å²) < 4.78 is 5.31. The summed E-state index contributed by atoms with van der Waals surface area (Å²) in [7, 11) is 0. The van der Waals surface area contributed by atoms with Gasteiger partial charge >= 0.3 is 5.97 Å². The highest BCUT2D eigenvalue weighted by atomic mass is 35.5. The number of aliphatic carboxylic acids is 1.